The number of amides is 1. The Balaban J connectivity index is 1.43. The number of nitrogens with zero attached hydrogens (tertiary/aromatic N) is 3. The van der Waals surface area contributed by atoms with Gasteiger partial charge in [-0.2, -0.15) is 0 Å². The van der Waals surface area contributed by atoms with Crippen LogP contribution in [-0.4, -0.2) is 81.9 Å². The van der Waals surface area contributed by atoms with E-state index in [4.69, 9.17) is 4.74 Å². The summed E-state index contributed by atoms with van der Waals surface area (Å²) >= 11 is 0. The standard InChI is InChI=1S/C29H39N3O5/c1-22-9-10-24(19-30-22)27(35)32-15-6-5-12-29(28(36)37-21-26(34)25(33)11-16-32)13-17-31(18-14-29)20-23-7-3-2-4-8-23/h2-4,7-10,19,25-26,33-34H,5-6,11-18,20-21H2,1H3/t25-,26+/m0/s1. The van der Waals surface area contributed by atoms with Gasteiger partial charge in [-0.3, -0.25) is 19.5 Å². The second-order valence-electron chi connectivity index (χ2n) is 10.5. The Morgan fingerprint density at radius 1 is 1.00 bits per heavy atom. The van der Waals surface area contributed by atoms with Crippen molar-refractivity contribution in [2.75, 3.05) is 32.8 Å². The maximum Gasteiger partial charge on any atom is 0.312 e. The number of hydrogen-bond donors (Lipinski definition) is 2. The van der Waals surface area contributed by atoms with Crippen LogP contribution >= 0.6 is 0 Å². The van der Waals surface area contributed by atoms with Gasteiger partial charge >= 0.3 is 5.97 Å². The van der Waals surface area contributed by atoms with Crippen molar-refractivity contribution in [3.63, 3.8) is 0 Å². The van der Waals surface area contributed by atoms with E-state index in [0.29, 0.717) is 37.9 Å². The van der Waals surface area contributed by atoms with E-state index < -0.39 is 17.6 Å². The first-order chi connectivity index (χ1) is 17.9. The molecular formula is C29H39N3O5. The lowest BCUT2D eigenvalue weighted by molar-refractivity contribution is -0.165. The van der Waals surface area contributed by atoms with Crippen molar-refractivity contribution < 1.29 is 24.5 Å². The van der Waals surface area contributed by atoms with Crippen molar-refractivity contribution in [2.45, 2.75) is 64.2 Å². The summed E-state index contributed by atoms with van der Waals surface area (Å²) in [4.78, 5) is 34.8. The third-order valence-electron chi connectivity index (χ3n) is 7.80. The Morgan fingerprint density at radius 3 is 2.46 bits per heavy atom. The van der Waals surface area contributed by atoms with Gasteiger partial charge in [-0.25, -0.2) is 0 Å². The fraction of sp³-hybridized carbons (Fsp3) is 0.552. The zero-order valence-electron chi connectivity index (χ0n) is 21.7. The number of carbonyl (C=O) groups is 2. The monoisotopic (exact) mass is 509 g/mol. The summed E-state index contributed by atoms with van der Waals surface area (Å²) in [6.45, 7) is 4.88. The fourth-order valence-corrected chi connectivity index (χ4v) is 5.30. The number of benzene rings is 1. The second kappa shape index (κ2) is 12.6. The van der Waals surface area contributed by atoms with Crippen LogP contribution in [0.2, 0.25) is 0 Å². The van der Waals surface area contributed by atoms with Gasteiger partial charge in [-0.15, -0.1) is 0 Å². The maximum atomic E-state index is 13.3. The van der Waals surface area contributed by atoms with Crippen LogP contribution in [0.1, 0.15) is 60.1 Å². The highest BCUT2D eigenvalue weighted by Crippen LogP contribution is 2.38. The molecule has 8 heteroatoms. The van der Waals surface area contributed by atoms with Crippen LogP contribution in [0.15, 0.2) is 48.7 Å². The Hall–Kier alpha value is -2.81. The first kappa shape index (κ1) is 27.2. The minimum atomic E-state index is -1.20. The molecule has 0 aliphatic carbocycles. The molecule has 0 saturated carbocycles. The van der Waals surface area contributed by atoms with E-state index in [1.807, 2.05) is 31.2 Å². The summed E-state index contributed by atoms with van der Waals surface area (Å²) < 4.78 is 5.58. The first-order valence-electron chi connectivity index (χ1n) is 13.4. The summed E-state index contributed by atoms with van der Waals surface area (Å²) in [5.41, 5.74) is 1.99. The van der Waals surface area contributed by atoms with Crippen LogP contribution in [0.4, 0.5) is 0 Å². The van der Waals surface area contributed by atoms with Crippen LogP contribution in [-0.2, 0) is 16.1 Å². The van der Waals surface area contributed by atoms with Crippen molar-refractivity contribution in [3.05, 3.63) is 65.5 Å². The molecule has 37 heavy (non-hydrogen) atoms. The van der Waals surface area contributed by atoms with Gasteiger partial charge in [0.2, 0.25) is 0 Å². The van der Waals surface area contributed by atoms with Crippen LogP contribution in [0, 0.1) is 12.3 Å². The quantitative estimate of drug-likeness (QED) is 0.613. The normalized spacial score (nSPS) is 24.0. The van der Waals surface area contributed by atoms with E-state index in [-0.39, 0.29) is 24.9 Å². The molecule has 2 N–H and O–H groups in total. The largest absolute Gasteiger partial charge is 0.462 e. The molecule has 1 spiro atoms. The van der Waals surface area contributed by atoms with Crippen molar-refractivity contribution in [1.82, 2.24) is 14.8 Å². The van der Waals surface area contributed by atoms with Gasteiger partial charge in [-0.1, -0.05) is 36.8 Å². The maximum absolute atomic E-state index is 13.3. The van der Waals surface area contributed by atoms with E-state index in [0.717, 1.165) is 38.2 Å². The molecule has 1 amide bonds. The molecule has 0 bridgehead atoms. The third-order valence-corrected chi connectivity index (χ3v) is 7.80. The fourth-order valence-electron chi connectivity index (χ4n) is 5.30. The number of hydrogen-bond acceptors (Lipinski definition) is 7. The molecule has 0 radical (unpaired) electrons. The van der Waals surface area contributed by atoms with E-state index in [1.54, 1.807) is 17.2 Å². The number of cyclic esters (lactones) is 1. The third kappa shape index (κ3) is 7.15. The average molecular weight is 510 g/mol. The molecule has 0 unspecified atom stereocenters. The molecular weight excluding hydrogens is 470 g/mol. The summed E-state index contributed by atoms with van der Waals surface area (Å²) in [5.74, 6) is -0.420. The number of aliphatic hydroxyl groups excluding tert-OH is 2. The van der Waals surface area contributed by atoms with Gasteiger partial charge in [0.05, 0.1) is 17.1 Å². The van der Waals surface area contributed by atoms with Crippen molar-refractivity contribution >= 4 is 11.9 Å². The molecule has 4 rings (SSSR count). The second-order valence-corrected chi connectivity index (χ2v) is 10.5. The molecule has 2 saturated heterocycles. The molecule has 1 aromatic carbocycles. The zero-order chi connectivity index (χ0) is 26.3. The summed E-state index contributed by atoms with van der Waals surface area (Å²) in [6.07, 6.45) is 3.07. The van der Waals surface area contributed by atoms with Gasteiger partial charge in [0.15, 0.2) is 0 Å². The van der Waals surface area contributed by atoms with E-state index in [9.17, 15) is 19.8 Å². The lowest BCUT2D eigenvalue weighted by Crippen LogP contribution is -2.45. The first-order valence-corrected chi connectivity index (χ1v) is 13.4. The van der Waals surface area contributed by atoms with Gasteiger partial charge in [0.25, 0.3) is 5.91 Å². The predicted octanol–water partition coefficient (Wildman–Crippen LogP) is 2.95. The molecule has 2 atom stereocenters. The number of pyridine rings is 1. The summed E-state index contributed by atoms with van der Waals surface area (Å²) in [5, 5.41) is 21.0. The van der Waals surface area contributed by atoms with Gasteiger partial charge < -0.3 is 19.8 Å². The number of rotatable bonds is 3. The van der Waals surface area contributed by atoms with Gasteiger partial charge in [0, 0.05) is 31.5 Å². The lowest BCUT2D eigenvalue weighted by atomic mass is 9.74. The van der Waals surface area contributed by atoms with Crippen LogP contribution in [0.5, 0.6) is 0 Å². The average Bonchev–Trinajstić information content (AvgIpc) is 2.92. The minimum Gasteiger partial charge on any atom is -0.462 e. The number of likely N-dealkylation sites (tertiary alicyclic amines) is 1. The Bertz CT molecular complexity index is 1020. The van der Waals surface area contributed by atoms with Crippen LogP contribution in [0.25, 0.3) is 0 Å². The summed E-state index contributed by atoms with van der Waals surface area (Å²) in [7, 11) is 0. The highest BCUT2D eigenvalue weighted by atomic mass is 16.5. The van der Waals surface area contributed by atoms with Crippen LogP contribution < -0.4 is 0 Å². The van der Waals surface area contributed by atoms with E-state index >= 15 is 0 Å². The Morgan fingerprint density at radius 2 is 1.76 bits per heavy atom. The molecule has 8 nitrogen and oxygen atoms in total. The number of carbonyl (C=O) groups excluding carboxylic acids is 2. The molecule has 3 heterocycles. The molecule has 2 aliphatic rings. The number of piperidine rings is 1. The van der Waals surface area contributed by atoms with Crippen molar-refractivity contribution in [1.29, 1.82) is 0 Å². The lowest BCUT2D eigenvalue weighted by Gasteiger charge is -2.40. The number of aliphatic hydroxyl groups is 2. The minimum absolute atomic E-state index is 0.139. The Labute approximate surface area is 219 Å². The number of esters is 1. The summed E-state index contributed by atoms with van der Waals surface area (Å²) in [6, 6.07) is 13.9. The molecule has 2 aromatic rings. The highest BCUT2D eigenvalue weighted by molar-refractivity contribution is 5.93. The van der Waals surface area contributed by atoms with E-state index in [1.165, 1.54) is 5.56 Å². The van der Waals surface area contributed by atoms with Crippen LogP contribution in [0.3, 0.4) is 0 Å². The number of aromatic nitrogens is 1. The highest BCUT2D eigenvalue weighted by Gasteiger charge is 2.42. The van der Waals surface area contributed by atoms with Gasteiger partial charge in [-0.05, 0) is 69.8 Å². The van der Waals surface area contributed by atoms with E-state index in [2.05, 4.69) is 22.0 Å². The SMILES string of the molecule is Cc1ccc(C(=O)N2CCCCC3(CCN(Cc4ccccc4)CC3)C(=O)OC[C@@H](O)[C@@H](O)CC2)cn1. The molecule has 1 aromatic heterocycles. The molecule has 200 valence electrons. The molecule has 2 fully saturated rings. The van der Waals surface area contributed by atoms with Crippen molar-refractivity contribution in [3.8, 4) is 0 Å². The number of ether oxygens (including phenoxy) is 1. The smallest absolute Gasteiger partial charge is 0.312 e. The Kier molecular flexibility index (Phi) is 9.29. The van der Waals surface area contributed by atoms with Gasteiger partial charge in [0.1, 0.15) is 12.7 Å². The van der Waals surface area contributed by atoms with Crippen molar-refractivity contribution in [2.24, 2.45) is 5.41 Å². The number of aryl methyl sites for hydroxylation is 1. The zero-order valence-corrected chi connectivity index (χ0v) is 21.7. The predicted molar refractivity (Wildman–Crippen MR) is 140 cm³/mol. The molecule has 2 aliphatic heterocycles. The topological polar surface area (TPSA) is 103 Å².